The first kappa shape index (κ1) is 17.8. The Hall–Kier alpha value is -4.00. The van der Waals surface area contributed by atoms with Crippen molar-refractivity contribution in [2.75, 3.05) is 0 Å². The Balaban J connectivity index is 1.79. The predicted molar refractivity (Wildman–Crippen MR) is 95.9 cm³/mol. The Bertz CT molecular complexity index is 983. The van der Waals surface area contributed by atoms with Crippen molar-refractivity contribution in [2.45, 2.75) is 0 Å². The van der Waals surface area contributed by atoms with Crippen LogP contribution in [0.5, 0.6) is 11.5 Å². The number of para-hydroxylation sites is 1. The smallest absolute Gasteiger partial charge is 0.344 e. The molecule has 27 heavy (non-hydrogen) atoms. The molecule has 3 rings (SSSR count). The van der Waals surface area contributed by atoms with Crippen molar-refractivity contribution >= 4 is 17.6 Å². The second-order valence-electron chi connectivity index (χ2n) is 5.39. The number of benzene rings is 3. The van der Waals surface area contributed by atoms with E-state index in [1.54, 1.807) is 42.5 Å². The third-order valence-corrected chi connectivity index (χ3v) is 3.58. The Labute approximate surface area is 153 Å². The number of rotatable bonds is 5. The van der Waals surface area contributed by atoms with Crippen molar-refractivity contribution < 1.29 is 24.0 Å². The summed E-state index contributed by atoms with van der Waals surface area (Å²) in [6.45, 7) is 0. The fraction of sp³-hybridized carbons (Fsp3) is 0. The third kappa shape index (κ3) is 4.35. The van der Waals surface area contributed by atoms with Crippen molar-refractivity contribution in [1.29, 1.82) is 0 Å². The quantitative estimate of drug-likeness (QED) is 0.294. The summed E-state index contributed by atoms with van der Waals surface area (Å²) in [7, 11) is 0. The van der Waals surface area contributed by atoms with E-state index in [1.807, 2.05) is 0 Å². The highest BCUT2D eigenvalue weighted by molar-refractivity contribution is 6.04. The van der Waals surface area contributed by atoms with Gasteiger partial charge in [-0.3, -0.25) is 10.1 Å². The van der Waals surface area contributed by atoms with Crippen LogP contribution in [0.3, 0.4) is 0 Å². The number of nitro groups is 1. The molecule has 134 valence electrons. The van der Waals surface area contributed by atoms with E-state index in [0.29, 0.717) is 5.75 Å². The van der Waals surface area contributed by atoms with E-state index in [-0.39, 0.29) is 22.6 Å². The molecule has 0 aromatic heterocycles. The van der Waals surface area contributed by atoms with Gasteiger partial charge in [0.25, 0.3) is 5.69 Å². The van der Waals surface area contributed by atoms with E-state index < -0.39 is 16.9 Å². The number of hydrogen-bond acceptors (Lipinski definition) is 6. The molecular weight excluding hydrogens is 350 g/mol. The highest BCUT2D eigenvalue weighted by atomic mass is 16.6. The van der Waals surface area contributed by atoms with E-state index in [9.17, 15) is 19.7 Å². The van der Waals surface area contributed by atoms with Gasteiger partial charge in [-0.1, -0.05) is 30.3 Å². The molecular formula is C20H13NO6. The zero-order chi connectivity index (χ0) is 19.2. The lowest BCUT2D eigenvalue weighted by Gasteiger charge is -2.09. The van der Waals surface area contributed by atoms with Gasteiger partial charge in [0.05, 0.1) is 16.1 Å². The maximum absolute atomic E-state index is 12.4. The van der Waals surface area contributed by atoms with Crippen molar-refractivity contribution in [3.63, 3.8) is 0 Å². The van der Waals surface area contributed by atoms with Crippen molar-refractivity contribution in [1.82, 2.24) is 0 Å². The molecule has 0 fully saturated rings. The molecule has 0 N–H and O–H groups in total. The number of esters is 2. The second-order valence-corrected chi connectivity index (χ2v) is 5.39. The zero-order valence-electron chi connectivity index (χ0n) is 13.9. The van der Waals surface area contributed by atoms with Gasteiger partial charge in [-0.25, -0.2) is 9.59 Å². The summed E-state index contributed by atoms with van der Waals surface area (Å²) in [5.74, 6) is -1.00. The van der Waals surface area contributed by atoms with Crippen LogP contribution in [0, 0.1) is 10.1 Å². The van der Waals surface area contributed by atoms with Crippen LogP contribution in [0.4, 0.5) is 5.69 Å². The normalized spacial score (nSPS) is 10.1. The molecule has 0 aliphatic rings. The summed E-state index contributed by atoms with van der Waals surface area (Å²) in [6.07, 6.45) is 0. The molecule has 3 aromatic rings. The lowest BCUT2D eigenvalue weighted by atomic mass is 10.1. The second kappa shape index (κ2) is 7.92. The van der Waals surface area contributed by atoms with Crippen LogP contribution >= 0.6 is 0 Å². The first-order valence-electron chi connectivity index (χ1n) is 7.87. The van der Waals surface area contributed by atoms with Crippen LogP contribution in [-0.4, -0.2) is 16.9 Å². The van der Waals surface area contributed by atoms with Crippen molar-refractivity contribution in [3.8, 4) is 11.5 Å². The Morgan fingerprint density at radius 1 is 0.667 bits per heavy atom. The van der Waals surface area contributed by atoms with Gasteiger partial charge in [-0.05, 0) is 36.4 Å². The highest BCUT2D eigenvalue weighted by Crippen LogP contribution is 2.20. The average molecular weight is 363 g/mol. The van der Waals surface area contributed by atoms with E-state index in [2.05, 4.69) is 0 Å². The van der Waals surface area contributed by atoms with Gasteiger partial charge in [0, 0.05) is 12.1 Å². The summed E-state index contributed by atoms with van der Waals surface area (Å²) in [5, 5.41) is 10.7. The number of carbonyl (C=O) groups excluding carboxylic acids is 2. The molecule has 0 aliphatic heterocycles. The molecule has 0 saturated carbocycles. The van der Waals surface area contributed by atoms with Crippen LogP contribution in [0.1, 0.15) is 20.7 Å². The molecule has 0 amide bonds. The zero-order valence-corrected chi connectivity index (χ0v) is 13.9. The number of ether oxygens (including phenoxy) is 2. The molecule has 0 radical (unpaired) electrons. The minimum absolute atomic E-state index is 0.0248. The number of nitro benzene ring substituents is 1. The minimum atomic E-state index is -0.774. The lowest BCUT2D eigenvalue weighted by molar-refractivity contribution is -0.384. The van der Waals surface area contributed by atoms with Crippen LogP contribution < -0.4 is 9.47 Å². The monoisotopic (exact) mass is 363 g/mol. The van der Waals surface area contributed by atoms with Gasteiger partial charge in [0.15, 0.2) is 0 Å². The molecule has 0 aliphatic carbocycles. The molecule has 7 nitrogen and oxygen atoms in total. The van der Waals surface area contributed by atoms with Crippen LogP contribution in [0.25, 0.3) is 0 Å². The predicted octanol–water partition coefficient (Wildman–Crippen LogP) is 4.03. The number of hydrogen-bond donors (Lipinski definition) is 0. The summed E-state index contributed by atoms with van der Waals surface area (Å²) >= 11 is 0. The Kier molecular flexibility index (Phi) is 5.22. The number of nitrogens with zero attached hydrogens (tertiary/aromatic N) is 1. The molecule has 0 saturated heterocycles. The molecule has 0 atom stereocenters. The van der Waals surface area contributed by atoms with Gasteiger partial charge in [0.2, 0.25) is 0 Å². The van der Waals surface area contributed by atoms with Gasteiger partial charge in [-0.15, -0.1) is 0 Å². The molecule has 0 bridgehead atoms. The summed E-state index contributed by atoms with van der Waals surface area (Å²) in [4.78, 5) is 35.0. The average Bonchev–Trinajstić information content (AvgIpc) is 2.69. The van der Waals surface area contributed by atoms with Gasteiger partial charge < -0.3 is 9.47 Å². The molecule has 7 heteroatoms. The van der Waals surface area contributed by atoms with E-state index in [1.165, 1.54) is 36.4 Å². The maximum atomic E-state index is 12.4. The van der Waals surface area contributed by atoms with Crippen molar-refractivity contribution in [2.24, 2.45) is 0 Å². The third-order valence-electron chi connectivity index (χ3n) is 3.58. The highest BCUT2D eigenvalue weighted by Gasteiger charge is 2.20. The van der Waals surface area contributed by atoms with Crippen LogP contribution in [-0.2, 0) is 0 Å². The van der Waals surface area contributed by atoms with E-state index in [4.69, 9.17) is 9.47 Å². The maximum Gasteiger partial charge on any atom is 0.344 e. The first-order valence-corrected chi connectivity index (χ1v) is 7.87. The van der Waals surface area contributed by atoms with E-state index in [0.717, 1.165) is 0 Å². The lowest BCUT2D eigenvalue weighted by Crippen LogP contribution is -2.17. The summed E-state index contributed by atoms with van der Waals surface area (Å²) in [6, 6.07) is 19.6. The fourth-order valence-corrected chi connectivity index (χ4v) is 2.29. The summed E-state index contributed by atoms with van der Waals surface area (Å²) in [5.41, 5.74) is -0.0494. The van der Waals surface area contributed by atoms with Crippen molar-refractivity contribution in [3.05, 3.63) is 100 Å². The van der Waals surface area contributed by atoms with Crippen LogP contribution in [0.2, 0.25) is 0 Å². The molecule has 0 unspecified atom stereocenters. The topological polar surface area (TPSA) is 95.7 Å². The Morgan fingerprint density at radius 3 is 1.59 bits per heavy atom. The first-order chi connectivity index (χ1) is 13.0. The molecule has 0 spiro atoms. The van der Waals surface area contributed by atoms with Gasteiger partial charge in [0.1, 0.15) is 11.5 Å². The van der Waals surface area contributed by atoms with Gasteiger partial charge >= 0.3 is 11.9 Å². The Morgan fingerprint density at radius 2 is 1.11 bits per heavy atom. The summed E-state index contributed by atoms with van der Waals surface area (Å²) < 4.78 is 10.5. The SMILES string of the molecule is O=C(Oc1ccccc1)c1ccccc1C(=O)Oc1ccc([N+](=O)[O-])cc1. The van der Waals surface area contributed by atoms with Crippen LogP contribution in [0.15, 0.2) is 78.9 Å². The largest absolute Gasteiger partial charge is 0.423 e. The standard InChI is InChI=1S/C20H13NO6/c22-19(26-15-6-2-1-3-7-15)17-8-4-5-9-18(17)20(23)27-16-12-10-14(11-13-16)21(24)25/h1-13H. The molecule has 3 aromatic carbocycles. The number of carbonyl (C=O) groups is 2. The van der Waals surface area contributed by atoms with E-state index >= 15 is 0 Å². The molecule has 0 heterocycles. The minimum Gasteiger partial charge on any atom is -0.423 e. The number of non-ortho nitro benzene ring substituents is 1. The van der Waals surface area contributed by atoms with Gasteiger partial charge in [-0.2, -0.15) is 0 Å². The fourth-order valence-electron chi connectivity index (χ4n) is 2.29.